The van der Waals surface area contributed by atoms with E-state index in [1.165, 1.54) is 18.5 Å². The highest BCUT2D eigenvalue weighted by atomic mass is 32.2. The highest BCUT2D eigenvalue weighted by Crippen LogP contribution is 2.33. The second-order valence-electron chi connectivity index (χ2n) is 5.90. The van der Waals surface area contributed by atoms with E-state index < -0.39 is 10.0 Å². The molecule has 4 rings (SSSR count). The van der Waals surface area contributed by atoms with E-state index in [1.807, 2.05) is 24.3 Å². The van der Waals surface area contributed by atoms with Crippen LogP contribution in [0.2, 0.25) is 0 Å². The molecule has 2 aromatic heterocycles. The Hall–Kier alpha value is -3.50. The number of ether oxygens (including phenoxy) is 1. The molecule has 9 nitrogen and oxygen atoms in total. The molecule has 2 aromatic carbocycles. The number of hydrogen-bond donors (Lipinski definition) is 3. The number of fused-ring (bicyclic) bond motifs is 1. The summed E-state index contributed by atoms with van der Waals surface area (Å²) in [6, 6.07) is 13.6. The lowest BCUT2D eigenvalue weighted by atomic mass is 10.1. The van der Waals surface area contributed by atoms with Crippen LogP contribution in [0.25, 0.3) is 22.4 Å². The molecule has 28 heavy (non-hydrogen) atoms. The van der Waals surface area contributed by atoms with E-state index in [0.717, 1.165) is 5.56 Å². The molecule has 10 heteroatoms. The normalized spacial score (nSPS) is 11.5. The van der Waals surface area contributed by atoms with Crippen LogP contribution >= 0.6 is 0 Å². The number of H-pyrrole nitrogens is 1. The van der Waals surface area contributed by atoms with Crippen molar-refractivity contribution in [2.24, 2.45) is 5.14 Å². The summed E-state index contributed by atoms with van der Waals surface area (Å²) in [7, 11) is -2.23. The zero-order valence-corrected chi connectivity index (χ0v) is 15.6. The van der Waals surface area contributed by atoms with E-state index in [1.54, 1.807) is 19.2 Å². The molecular weight excluding hydrogens is 380 g/mol. The van der Waals surface area contributed by atoms with Gasteiger partial charge in [0.15, 0.2) is 5.65 Å². The summed E-state index contributed by atoms with van der Waals surface area (Å²) >= 11 is 0. The first kappa shape index (κ1) is 17.9. The van der Waals surface area contributed by atoms with E-state index in [-0.39, 0.29) is 10.8 Å². The molecule has 0 saturated heterocycles. The van der Waals surface area contributed by atoms with Crippen LogP contribution in [-0.2, 0) is 10.0 Å². The number of primary sulfonamides is 1. The van der Waals surface area contributed by atoms with Crippen LogP contribution in [0.5, 0.6) is 5.75 Å². The molecule has 4 aromatic rings. The number of imidazole rings is 1. The van der Waals surface area contributed by atoms with E-state index in [4.69, 9.17) is 9.88 Å². The number of methoxy groups -OCH3 is 1. The van der Waals surface area contributed by atoms with Gasteiger partial charge in [0.2, 0.25) is 16.0 Å². The van der Waals surface area contributed by atoms with Gasteiger partial charge in [0, 0.05) is 11.3 Å². The Kier molecular flexibility index (Phi) is 4.41. The first-order valence-electron chi connectivity index (χ1n) is 8.20. The quantitative estimate of drug-likeness (QED) is 0.471. The summed E-state index contributed by atoms with van der Waals surface area (Å²) in [5, 5.41) is 8.21. The second kappa shape index (κ2) is 6.91. The summed E-state index contributed by atoms with van der Waals surface area (Å²) in [4.78, 5) is 16.2. The molecule has 0 aliphatic heterocycles. The second-order valence-corrected chi connectivity index (χ2v) is 7.46. The number of benzene rings is 2. The molecule has 142 valence electrons. The van der Waals surface area contributed by atoms with Gasteiger partial charge in [-0.1, -0.05) is 18.2 Å². The maximum absolute atomic E-state index is 11.6. The monoisotopic (exact) mass is 396 g/mol. The van der Waals surface area contributed by atoms with Crippen molar-refractivity contribution < 1.29 is 13.2 Å². The number of sulfonamides is 1. The van der Waals surface area contributed by atoms with Gasteiger partial charge in [-0.3, -0.25) is 0 Å². The van der Waals surface area contributed by atoms with Crippen LogP contribution in [0.4, 0.5) is 11.6 Å². The van der Waals surface area contributed by atoms with E-state index in [2.05, 4.69) is 25.3 Å². The number of para-hydroxylation sites is 1. The first-order chi connectivity index (χ1) is 13.5. The number of nitrogens with two attached hydrogens (primary N) is 1. The lowest BCUT2D eigenvalue weighted by Crippen LogP contribution is -2.12. The minimum absolute atomic E-state index is 0.0108. The lowest BCUT2D eigenvalue weighted by Gasteiger charge is -2.11. The Balaban J connectivity index is 1.82. The standard InChI is InChI=1S/C18H16N6O3S/c1-27-14-8-3-2-7-13(14)15-16-17(21-10-20-16)24-18(23-15)22-11-5-4-6-12(9-11)28(19,25)26/h2-10H,1H3,(H2,19,25,26)(H2,20,21,22,23,24). The van der Waals surface area contributed by atoms with E-state index in [9.17, 15) is 8.42 Å². The molecule has 0 aliphatic rings. The Morgan fingerprint density at radius 1 is 1.11 bits per heavy atom. The van der Waals surface area contributed by atoms with Gasteiger partial charge in [-0.2, -0.15) is 4.98 Å². The Bertz CT molecular complexity index is 1270. The van der Waals surface area contributed by atoms with Crippen LogP contribution in [0.3, 0.4) is 0 Å². The number of aromatic nitrogens is 4. The van der Waals surface area contributed by atoms with Crippen molar-refractivity contribution in [3.8, 4) is 17.0 Å². The predicted octanol–water partition coefficient (Wildman–Crippen LogP) is 2.42. The fourth-order valence-corrected chi connectivity index (χ4v) is 3.36. The minimum Gasteiger partial charge on any atom is -0.496 e. The number of rotatable bonds is 5. The van der Waals surface area contributed by atoms with Gasteiger partial charge in [-0.25, -0.2) is 23.5 Å². The van der Waals surface area contributed by atoms with Crippen molar-refractivity contribution in [2.45, 2.75) is 4.90 Å². The van der Waals surface area contributed by atoms with Gasteiger partial charge < -0.3 is 15.0 Å². The third-order valence-electron chi connectivity index (χ3n) is 4.07. The number of nitrogens with zero attached hydrogens (tertiary/aromatic N) is 3. The maximum Gasteiger partial charge on any atom is 0.238 e. The molecule has 0 radical (unpaired) electrons. The summed E-state index contributed by atoms with van der Waals surface area (Å²) in [6.07, 6.45) is 1.53. The van der Waals surface area contributed by atoms with Gasteiger partial charge in [-0.05, 0) is 30.3 Å². The van der Waals surface area contributed by atoms with Gasteiger partial charge in [0.1, 0.15) is 17.0 Å². The van der Waals surface area contributed by atoms with Crippen LogP contribution in [0.1, 0.15) is 0 Å². The van der Waals surface area contributed by atoms with Crippen molar-refractivity contribution in [1.82, 2.24) is 19.9 Å². The van der Waals surface area contributed by atoms with Gasteiger partial charge >= 0.3 is 0 Å². The Labute approximate surface area is 160 Å². The minimum atomic E-state index is -3.82. The van der Waals surface area contributed by atoms with Gasteiger partial charge in [0.05, 0.1) is 18.3 Å². The molecule has 4 N–H and O–H groups in total. The molecule has 0 saturated carbocycles. The first-order valence-corrected chi connectivity index (χ1v) is 9.75. The van der Waals surface area contributed by atoms with Gasteiger partial charge in [-0.15, -0.1) is 0 Å². The fraction of sp³-hybridized carbons (Fsp3) is 0.0556. The number of anilines is 2. The molecule has 0 aliphatic carbocycles. The average Bonchev–Trinajstić information content (AvgIpc) is 3.15. The molecule has 2 heterocycles. The fourth-order valence-electron chi connectivity index (χ4n) is 2.80. The van der Waals surface area contributed by atoms with Crippen LogP contribution in [0.15, 0.2) is 59.8 Å². The van der Waals surface area contributed by atoms with Crippen molar-refractivity contribution in [3.05, 3.63) is 54.9 Å². The predicted molar refractivity (Wildman–Crippen MR) is 105 cm³/mol. The zero-order chi connectivity index (χ0) is 19.7. The van der Waals surface area contributed by atoms with Crippen LogP contribution in [0, 0.1) is 0 Å². The highest BCUT2D eigenvalue weighted by Gasteiger charge is 2.16. The van der Waals surface area contributed by atoms with E-state index >= 15 is 0 Å². The highest BCUT2D eigenvalue weighted by molar-refractivity contribution is 7.89. The molecule has 0 spiro atoms. The molecule has 0 fully saturated rings. The largest absolute Gasteiger partial charge is 0.496 e. The number of aromatic amines is 1. The SMILES string of the molecule is COc1ccccc1-c1nc(Nc2cccc(S(N)(=O)=O)c2)nc2nc[nH]c12. The summed E-state index contributed by atoms with van der Waals surface area (Å²) in [6.45, 7) is 0. The zero-order valence-electron chi connectivity index (χ0n) is 14.7. The Morgan fingerprint density at radius 2 is 1.93 bits per heavy atom. The smallest absolute Gasteiger partial charge is 0.238 e. The number of nitrogens with one attached hydrogen (secondary N) is 2. The van der Waals surface area contributed by atoms with Crippen molar-refractivity contribution in [2.75, 3.05) is 12.4 Å². The summed E-state index contributed by atoms with van der Waals surface area (Å²) < 4.78 is 28.6. The summed E-state index contributed by atoms with van der Waals surface area (Å²) in [5.41, 5.74) is 2.97. The summed E-state index contributed by atoms with van der Waals surface area (Å²) in [5.74, 6) is 0.909. The van der Waals surface area contributed by atoms with Crippen molar-refractivity contribution in [3.63, 3.8) is 0 Å². The third kappa shape index (κ3) is 3.38. The molecule has 0 atom stereocenters. The van der Waals surface area contributed by atoms with Crippen molar-refractivity contribution >= 4 is 32.8 Å². The van der Waals surface area contributed by atoms with Crippen LogP contribution in [-0.4, -0.2) is 35.5 Å². The third-order valence-corrected chi connectivity index (χ3v) is 4.98. The number of hydrogen-bond acceptors (Lipinski definition) is 7. The maximum atomic E-state index is 11.6. The van der Waals surface area contributed by atoms with Crippen LogP contribution < -0.4 is 15.2 Å². The topological polar surface area (TPSA) is 136 Å². The lowest BCUT2D eigenvalue weighted by molar-refractivity contribution is 0.416. The van der Waals surface area contributed by atoms with Crippen molar-refractivity contribution in [1.29, 1.82) is 0 Å². The average molecular weight is 396 g/mol. The molecule has 0 bridgehead atoms. The molecule has 0 unspecified atom stereocenters. The molecule has 0 amide bonds. The Morgan fingerprint density at radius 3 is 2.71 bits per heavy atom. The van der Waals surface area contributed by atoms with Gasteiger partial charge in [0.25, 0.3) is 0 Å². The molecular formula is C18H16N6O3S. The van der Waals surface area contributed by atoms with E-state index in [0.29, 0.717) is 28.3 Å².